The number of para-hydroxylation sites is 1. The van der Waals surface area contributed by atoms with E-state index >= 15 is 0 Å². The summed E-state index contributed by atoms with van der Waals surface area (Å²) < 4.78 is 72.7. The van der Waals surface area contributed by atoms with Crippen LogP contribution in [0.15, 0.2) is 91.0 Å². The highest BCUT2D eigenvalue weighted by atomic mass is 32.1. The molecule has 0 radical (unpaired) electrons. The topological polar surface area (TPSA) is 253 Å². The van der Waals surface area contributed by atoms with Crippen LogP contribution in [0.25, 0.3) is 32.2 Å². The number of carboxylic acid groups (broad SMARTS) is 3. The number of carboxylic acids is 3. The monoisotopic (exact) mass is 1230 g/mol. The quantitative estimate of drug-likeness (QED) is 0.0386. The van der Waals surface area contributed by atoms with Gasteiger partial charge in [-0.1, -0.05) is 47.7 Å². The van der Waals surface area contributed by atoms with Crippen LogP contribution >= 0.6 is 11.3 Å². The number of halogens is 6. The van der Waals surface area contributed by atoms with Gasteiger partial charge in [0.05, 0.1) is 34.0 Å². The van der Waals surface area contributed by atoms with Crippen molar-refractivity contribution in [1.29, 1.82) is 0 Å². The molecular formula is C60H62F6N10O10S. The number of piperazine rings is 1. The van der Waals surface area contributed by atoms with E-state index in [-0.39, 0.29) is 23.4 Å². The number of nitrogens with one attached hydrogen (secondary N) is 2. The van der Waals surface area contributed by atoms with Gasteiger partial charge in [0.2, 0.25) is 11.8 Å². The van der Waals surface area contributed by atoms with Crippen LogP contribution in [0.2, 0.25) is 0 Å². The van der Waals surface area contributed by atoms with Crippen LogP contribution in [0.3, 0.4) is 0 Å². The molecule has 4 aliphatic rings. The molecule has 1 atom stereocenters. The third-order valence-electron chi connectivity index (χ3n) is 15.8. The Bertz CT molecular complexity index is 3650. The Hall–Kier alpha value is -8.69. The van der Waals surface area contributed by atoms with Gasteiger partial charge in [-0.25, -0.2) is 24.4 Å². The van der Waals surface area contributed by atoms with E-state index in [0.717, 1.165) is 126 Å². The van der Waals surface area contributed by atoms with Crippen LogP contribution in [0.5, 0.6) is 5.75 Å². The molecule has 3 saturated heterocycles. The SMILES string of the molecule is Cc1c(OCCCN2CCN(CC3CCN(c4ccc5c(C6CCC(=O)NC6=O)nn(C)c5c4)CC3)CC2)cccc1-c1ccc(N2CCc3cccc(C(=O)Nc4nc5ccccc5s4)c3C2)nc1C(=O)O.O=C(O)C(F)(F)F.O=C(O)C(F)(F)F. The Morgan fingerprint density at radius 3 is 2.13 bits per heavy atom. The summed E-state index contributed by atoms with van der Waals surface area (Å²) in [5.41, 5.74) is 8.45. The second-order valence-corrected chi connectivity index (χ2v) is 22.5. The summed E-state index contributed by atoms with van der Waals surface area (Å²) in [6.45, 7) is 11.8. The van der Waals surface area contributed by atoms with Gasteiger partial charge in [0.1, 0.15) is 11.6 Å². The Labute approximate surface area is 498 Å². The molecule has 3 amide bonds. The molecule has 7 aromatic rings. The Morgan fingerprint density at radius 2 is 1.45 bits per heavy atom. The lowest BCUT2D eigenvalue weighted by atomic mass is 9.92. The maximum Gasteiger partial charge on any atom is 0.490 e. The zero-order chi connectivity index (χ0) is 62.3. The molecule has 87 heavy (non-hydrogen) atoms. The number of aromatic nitrogens is 4. The number of alkyl halides is 6. The first-order valence-electron chi connectivity index (χ1n) is 28.0. The van der Waals surface area contributed by atoms with Gasteiger partial charge in [-0.3, -0.25) is 29.7 Å². The van der Waals surface area contributed by atoms with Crippen LogP contribution in [-0.2, 0) is 39.2 Å². The summed E-state index contributed by atoms with van der Waals surface area (Å²) >= 11 is 1.44. The van der Waals surface area contributed by atoms with Crippen molar-refractivity contribution in [2.75, 3.05) is 80.6 Å². The zero-order valence-corrected chi connectivity index (χ0v) is 48.1. The average molecular weight is 1230 g/mol. The number of amides is 3. The number of carbonyl (C=O) groups is 6. The maximum absolute atomic E-state index is 13.6. The lowest BCUT2D eigenvalue weighted by Gasteiger charge is -2.39. The number of aromatic carboxylic acids is 1. The number of aryl methyl sites for hydroxylation is 1. The number of imide groups is 1. The van der Waals surface area contributed by atoms with E-state index in [1.165, 1.54) is 17.0 Å². The van der Waals surface area contributed by atoms with Crippen molar-refractivity contribution in [1.82, 2.24) is 34.9 Å². The zero-order valence-electron chi connectivity index (χ0n) is 47.3. The minimum atomic E-state index is -5.08. The Morgan fingerprint density at radius 1 is 0.759 bits per heavy atom. The third-order valence-corrected chi connectivity index (χ3v) is 16.7. The fourth-order valence-corrected chi connectivity index (χ4v) is 12.1. The fourth-order valence-electron chi connectivity index (χ4n) is 11.2. The number of piperidine rings is 2. The second-order valence-electron chi connectivity index (χ2n) is 21.4. The number of benzene rings is 4. The number of hydrogen-bond acceptors (Lipinski definition) is 15. The number of hydrogen-bond donors (Lipinski definition) is 5. The van der Waals surface area contributed by atoms with Gasteiger partial charge >= 0.3 is 30.3 Å². The van der Waals surface area contributed by atoms with E-state index in [9.17, 15) is 50.6 Å². The van der Waals surface area contributed by atoms with Crippen molar-refractivity contribution < 1.29 is 75.2 Å². The summed E-state index contributed by atoms with van der Waals surface area (Å²) in [6.07, 6.45) is -5.48. The first-order chi connectivity index (χ1) is 41.4. The summed E-state index contributed by atoms with van der Waals surface area (Å²) in [5.74, 6) is -5.79. The van der Waals surface area contributed by atoms with Crippen molar-refractivity contribution in [2.45, 2.75) is 70.3 Å². The smallest absolute Gasteiger partial charge is 0.490 e. The van der Waals surface area contributed by atoms with Gasteiger partial charge < -0.3 is 39.7 Å². The van der Waals surface area contributed by atoms with Crippen LogP contribution in [0.1, 0.15) is 81.3 Å². The fraction of sp³-hybridized carbons (Fsp3) is 0.383. The van der Waals surface area contributed by atoms with Gasteiger partial charge in [0, 0.05) is 101 Å². The molecule has 460 valence electrons. The van der Waals surface area contributed by atoms with Crippen LogP contribution in [0.4, 0.5) is 43.0 Å². The molecule has 3 aromatic heterocycles. The van der Waals surface area contributed by atoms with Gasteiger partial charge in [0.25, 0.3) is 5.91 Å². The molecule has 0 aliphatic carbocycles. The van der Waals surface area contributed by atoms with Crippen molar-refractivity contribution in [3.63, 3.8) is 0 Å². The standard InChI is InChI=1S/C56H60N10O6S.2C2HF3O2/c1-35-39(40-16-18-49(58-52(40)55(70)71)66-26-22-37-8-5-10-41(44(37)34-66)53(68)60-56-57-45-11-3-4-13-48(45)73-56)9-6-12-47(35)72-31-7-23-63-27-29-64(30-28-63)33-36-20-24-65(25-21-36)38-14-15-42-46(32-38)62(2)61-51(42)43-17-19-50(67)59-54(43)69;2*3-2(4,5)1(6)7/h3-6,8-16,18,32,36,43H,7,17,19-31,33-34H2,1-2H3,(H,70,71)(H,57,60,68)(H,59,67,69);2*(H,6,7). The maximum atomic E-state index is 13.6. The van der Waals surface area contributed by atoms with E-state index in [2.05, 4.69) is 48.5 Å². The first kappa shape index (κ1) is 62.8. The number of ether oxygens (including phenoxy) is 1. The summed E-state index contributed by atoms with van der Waals surface area (Å²) in [5, 5.41) is 36.5. The largest absolute Gasteiger partial charge is 0.493 e. The van der Waals surface area contributed by atoms with E-state index in [4.69, 9.17) is 34.6 Å². The number of rotatable bonds is 14. The Balaban J connectivity index is 0.000000577. The molecule has 11 rings (SSSR count). The van der Waals surface area contributed by atoms with Crippen LogP contribution < -0.4 is 25.2 Å². The first-order valence-corrected chi connectivity index (χ1v) is 28.8. The van der Waals surface area contributed by atoms with Gasteiger partial charge in [0.15, 0.2) is 10.8 Å². The highest BCUT2D eigenvalue weighted by molar-refractivity contribution is 7.22. The van der Waals surface area contributed by atoms with Crippen molar-refractivity contribution >= 4 is 84.7 Å². The molecule has 27 heteroatoms. The van der Waals surface area contributed by atoms with E-state index in [1.807, 2.05) is 96.3 Å². The third kappa shape index (κ3) is 15.3. The Kier molecular flexibility index (Phi) is 19.4. The number of thiazole rings is 1. The molecule has 20 nitrogen and oxygen atoms in total. The predicted molar refractivity (Wildman–Crippen MR) is 311 cm³/mol. The molecule has 0 spiro atoms. The van der Waals surface area contributed by atoms with Crippen LogP contribution in [0, 0.1) is 12.8 Å². The van der Waals surface area contributed by atoms with E-state index < -0.39 is 36.2 Å². The summed E-state index contributed by atoms with van der Waals surface area (Å²) in [7, 11) is 1.92. The highest BCUT2D eigenvalue weighted by Crippen LogP contribution is 2.37. The number of nitrogens with zero attached hydrogens (tertiary/aromatic N) is 8. The van der Waals surface area contributed by atoms with Gasteiger partial charge in [-0.2, -0.15) is 31.4 Å². The van der Waals surface area contributed by atoms with Gasteiger partial charge in [-0.05, 0) is 122 Å². The molecular weight excluding hydrogens is 1170 g/mol. The van der Waals surface area contributed by atoms with E-state index in [0.29, 0.717) is 67.0 Å². The summed E-state index contributed by atoms with van der Waals surface area (Å²) in [6, 6.07) is 29.5. The van der Waals surface area contributed by atoms with Crippen molar-refractivity contribution in [3.05, 3.63) is 125 Å². The average Bonchev–Trinajstić information content (AvgIpc) is 2.75. The molecule has 0 bridgehead atoms. The molecule has 7 heterocycles. The van der Waals surface area contributed by atoms with Crippen molar-refractivity contribution in [3.8, 4) is 16.9 Å². The molecule has 4 aliphatic heterocycles. The number of carbonyl (C=O) groups excluding carboxylic acids is 3. The normalized spacial score (nSPS) is 16.9. The molecule has 1 unspecified atom stereocenters. The minimum Gasteiger partial charge on any atom is -0.493 e. The summed E-state index contributed by atoms with van der Waals surface area (Å²) in [4.78, 5) is 87.6. The van der Waals surface area contributed by atoms with Crippen LogP contribution in [-0.4, -0.2) is 158 Å². The number of aliphatic carboxylic acids is 2. The molecule has 3 fully saturated rings. The lowest BCUT2D eigenvalue weighted by Crippen LogP contribution is -2.49. The minimum absolute atomic E-state index is 0.0291. The number of anilines is 3. The van der Waals surface area contributed by atoms with E-state index in [1.54, 1.807) is 0 Å². The highest BCUT2D eigenvalue weighted by Gasteiger charge is 2.39. The molecule has 0 saturated carbocycles. The van der Waals surface area contributed by atoms with Crippen molar-refractivity contribution in [2.24, 2.45) is 13.0 Å². The molecule has 5 N–H and O–H groups in total. The molecule has 4 aromatic carbocycles. The number of fused-ring (bicyclic) bond motifs is 3. The second kappa shape index (κ2) is 26.9. The van der Waals surface area contributed by atoms with Gasteiger partial charge in [-0.15, -0.1) is 0 Å². The lowest BCUT2D eigenvalue weighted by molar-refractivity contribution is -0.193. The number of pyridine rings is 1. The predicted octanol–water partition coefficient (Wildman–Crippen LogP) is 9.16.